The van der Waals surface area contributed by atoms with Crippen molar-refractivity contribution in [3.63, 3.8) is 0 Å². The molecule has 1 aliphatic heterocycles. The number of fused-ring (bicyclic) bond motifs is 1. The third-order valence-corrected chi connectivity index (χ3v) is 4.93. The number of rotatable bonds is 4. The maximum Gasteiger partial charge on any atom is 0.253 e. The van der Waals surface area contributed by atoms with Gasteiger partial charge in [-0.15, -0.1) is 0 Å². The first-order chi connectivity index (χ1) is 13.1. The molecule has 0 radical (unpaired) electrons. The van der Waals surface area contributed by atoms with Gasteiger partial charge in [0.25, 0.3) is 5.91 Å². The Labute approximate surface area is 158 Å². The minimum Gasteiger partial charge on any atom is -0.347 e. The molecule has 1 aliphatic rings. The number of amides is 2. The van der Waals surface area contributed by atoms with Crippen LogP contribution >= 0.6 is 0 Å². The maximum atomic E-state index is 12.5. The monoisotopic (exact) mass is 359 g/mol. The SMILES string of the molecule is Cc1cncc(C(=O)N[C@@H]2CC(=O)N(Cc3cccc4ccccc34)C2)c1. The normalized spacial score (nSPS) is 16.7. The lowest BCUT2D eigenvalue weighted by Gasteiger charge is -2.18. The molecular weight excluding hydrogens is 338 g/mol. The van der Waals surface area contributed by atoms with E-state index in [-0.39, 0.29) is 17.9 Å². The van der Waals surface area contributed by atoms with E-state index in [9.17, 15) is 9.59 Å². The van der Waals surface area contributed by atoms with Crippen LogP contribution in [0.5, 0.6) is 0 Å². The Balaban J connectivity index is 1.45. The van der Waals surface area contributed by atoms with Crippen molar-refractivity contribution in [2.45, 2.75) is 25.9 Å². The molecule has 2 amide bonds. The van der Waals surface area contributed by atoms with Gasteiger partial charge < -0.3 is 10.2 Å². The number of benzene rings is 2. The summed E-state index contributed by atoms with van der Waals surface area (Å²) in [6.07, 6.45) is 3.59. The van der Waals surface area contributed by atoms with E-state index in [2.05, 4.69) is 34.6 Å². The molecule has 0 saturated carbocycles. The lowest BCUT2D eigenvalue weighted by Crippen LogP contribution is -2.37. The van der Waals surface area contributed by atoms with Gasteiger partial charge in [-0.1, -0.05) is 42.5 Å². The smallest absolute Gasteiger partial charge is 0.253 e. The molecule has 4 rings (SSSR count). The van der Waals surface area contributed by atoms with E-state index in [1.165, 1.54) is 5.39 Å². The highest BCUT2D eigenvalue weighted by atomic mass is 16.2. The third kappa shape index (κ3) is 3.67. The molecule has 3 aromatic rings. The Morgan fingerprint density at radius 1 is 1.19 bits per heavy atom. The first kappa shape index (κ1) is 17.2. The van der Waals surface area contributed by atoms with Gasteiger partial charge in [0.15, 0.2) is 0 Å². The predicted molar refractivity (Wildman–Crippen MR) is 104 cm³/mol. The van der Waals surface area contributed by atoms with E-state index < -0.39 is 0 Å². The molecular formula is C22H21N3O2. The van der Waals surface area contributed by atoms with Crippen molar-refractivity contribution < 1.29 is 9.59 Å². The molecule has 27 heavy (non-hydrogen) atoms. The Hall–Kier alpha value is -3.21. The summed E-state index contributed by atoms with van der Waals surface area (Å²) in [6.45, 7) is 2.97. The first-order valence-electron chi connectivity index (χ1n) is 9.07. The average molecular weight is 359 g/mol. The van der Waals surface area contributed by atoms with Crippen LogP contribution in [0.25, 0.3) is 10.8 Å². The minimum absolute atomic E-state index is 0.0654. The molecule has 1 N–H and O–H groups in total. The Bertz CT molecular complexity index is 1010. The zero-order valence-electron chi connectivity index (χ0n) is 15.2. The molecule has 1 saturated heterocycles. The van der Waals surface area contributed by atoms with Gasteiger partial charge in [-0.25, -0.2) is 0 Å². The lowest BCUT2D eigenvalue weighted by atomic mass is 10.0. The van der Waals surface area contributed by atoms with Gasteiger partial charge in [0.05, 0.1) is 11.6 Å². The second-order valence-corrected chi connectivity index (χ2v) is 7.04. The molecule has 0 spiro atoms. The topological polar surface area (TPSA) is 62.3 Å². The van der Waals surface area contributed by atoms with Crippen molar-refractivity contribution in [3.05, 3.63) is 77.6 Å². The van der Waals surface area contributed by atoms with Crippen LogP contribution in [0.3, 0.4) is 0 Å². The summed E-state index contributed by atoms with van der Waals surface area (Å²) in [5, 5.41) is 5.29. The predicted octanol–water partition coefficient (Wildman–Crippen LogP) is 3.07. The Kier molecular flexibility index (Phi) is 4.59. The van der Waals surface area contributed by atoms with E-state index in [0.29, 0.717) is 25.1 Å². The second kappa shape index (κ2) is 7.19. The van der Waals surface area contributed by atoms with E-state index in [0.717, 1.165) is 16.5 Å². The van der Waals surface area contributed by atoms with Crippen molar-refractivity contribution in [1.29, 1.82) is 0 Å². The Morgan fingerprint density at radius 2 is 2.00 bits per heavy atom. The number of aryl methyl sites for hydroxylation is 1. The van der Waals surface area contributed by atoms with Gasteiger partial charge in [-0.3, -0.25) is 14.6 Å². The van der Waals surface area contributed by atoms with Crippen LogP contribution < -0.4 is 5.32 Å². The summed E-state index contributed by atoms with van der Waals surface area (Å²) in [6, 6.07) is 15.9. The molecule has 1 fully saturated rings. The Morgan fingerprint density at radius 3 is 2.85 bits per heavy atom. The molecule has 5 heteroatoms. The van der Waals surface area contributed by atoms with Crippen LogP contribution in [0.2, 0.25) is 0 Å². The highest BCUT2D eigenvalue weighted by Gasteiger charge is 2.31. The van der Waals surface area contributed by atoms with E-state index in [1.807, 2.05) is 30.0 Å². The third-order valence-electron chi connectivity index (χ3n) is 4.93. The minimum atomic E-state index is -0.184. The quantitative estimate of drug-likeness (QED) is 0.779. The fourth-order valence-corrected chi connectivity index (χ4v) is 3.61. The zero-order chi connectivity index (χ0) is 18.8. The highest BCUT2D eigenvalue weighted by Crippen LogP contribution is 2.22. The summed E-state index contributed by atoms with van der Waals surface area (Å²) in [5.41, 5.74) is 2.58. The summed E-state index contributed by atoms with van der Waals surface area (Å²) < 4.78 is 0. The fraction of sp³-hybridized carbons (Fsp3) is 0.227. The van der Waals surface area contributed by atoms with Crippen LogP contribution in [0, 0.1) is 6.92 Å². The summed E-state index contributed by atoms with van der Waals surface area (Å²) in [7, 11) is 0. The summed E-state index contributed by atoms with van der Waals surface area (Å²) in [4.78, 5) is 30.8. The van der Waals surface area contributed by atoms with Gasteiger partial charge >= 0.3 is 0 Å². The number of nitrogens with one attached hydrogen (secondary N) is 1. The van der Waals surface area contributed by atoms with Crippen LogP contribution in [0.15, 0.2) is 60.9 Å². The van der Waals surface area contributed by atoms with Crippen molar-refractivity contribution in [3.8, 4) is 0 Å². The zero-order valence-corrected chi connectivity index (χ0v) is 15.2. The van der Waals surface area contributed by atoms with Crippen LogP contribution in [-0.2, 0) is 11.3 Å². The van der Waals surface area contributed by atoms with Gasteiger partial charge in [0.1, 0.15) is 0 Å². The fourth-order valence-electron chi connectivity index (χ4n) is 3.61. The lowest BCUT2D eigenvalue weighted by molar-refractivity contribution is -0.128. The number of carbonyl (C=O) groups is 2. The molecule has 1 atom stereocenters. The van der Waals surface area contributed by atoms with Gasteiger partial charge in [-0.05, 0) is 34.9 Å². The largest absolute Gasteiger partial charge is 0.347 e. The average Bonchev–Trinajstić information content (AvgIpc) is 3.01. The molecule has 0 aliphatic carbocycles. The molecule has 2 heterocycles. The van der Waals surface area contributed by atoms with Crippen molar-refractivity contribution in [2.24, 2.45) is 0 Å². The van der Waals surface area contributed by atoms with E-state index in [4.69, 9.17) is 0 Å². The van der Waals surface area contributed by atoms with E-state index >= 15 is 0 Å². The summed E-state index contributed by atoms with van der Waals surface area (Å²) in [5.74, 6) is -0.119. The molecule has 0 unspecified atom stereocenters. The van der Waals surface area contributed by atoms with Gasteiger partial charge in [-0.2, -0.15) is 0 Å². The highest BCUT2D eigenvalue weighted by molar-refractivity contribution is 5.95. The van der Waals surface area contributed by atoms with Crippen LogP contribution in [-0.4, -0.2) is 34.3 Å². The number of hydrogen-bond donors (Lipinski definition) is 1. The number of aromatic nitrogens is 1. The van der Waals surface area contributed by atoms with Gasteiger partial charge in [0, 0.05) is 31.9 Å². The number of pyridine rings is 1. The molecule has 136 valence electrons. The molecule has 5 nitrogen and oxygen atoms in total. The van der Waals surface area contributed by atoms with Crippen molar-refractivity contribution in [1.82, 2.24) is 15.2 Å². The number of likely N-dealkylation sites (tertiary alicyclic amines) is 1. The maximum absolute atomic E-state index is 12.5. The number of nitrogens with zero attached hydrogens (tertiary/aromatic N) is 2. The first-order valence-corrected chi connectivity index (χ1v) is 9.07. The van der Waals surface area contributed by atoms with E-state index in [1.54, 1.807) is 18.5 Å². The molecule has 0 bridgehead atoms. The van der Waals surface area contributed by atoms with Crippen LogP contribution in [0.1, 0.15) is 27.9 Å². The second-order valence-electron chi connectivity index (χ2n) is 7.04. The van der Waals surface area contributed by atoms with Crippen molar-refractivity contribution >= 4 is 22.6 Å². The molecule has 2 aromatic carbocycles. The van der Waals surface area contributed by atoms with Crippen molar-refractivity contribution in [2.75, 3.05) is 6.54 Å². The van der Waals surface area contributed by atoms with Crippen LogP contribution in [0.4, 0.5) is 0 Å². The standard InChI is InChI=1S/C22H21N3O2/c1-15-9-18(12-23-11-15)22(27)24-19-10-21(26)25(14-19)13-17-7-4-6-16-5-2-3-8-20(16)17/h2-9,11-12,19H,10,13-14H2,1H3,(H,24,27)/t19-/m1/s1. The molecule has 1 aromatic heterocycles. The van der Waals surface area contributed by atoms with Gasteiger partial charge in [0.2, 0.25) is 5.91 Å². The summed E-state index contributed by atoms with van der Waals surface area (Å²) >= 11 is 0. The number of carbonyl (C=O) groups excluding carboxylic acids is 2. The number of hydrogen-bond acceptors (Lipinski definition) is 3.